The molecule has 0 aliphatic carbocycles. The molecule has 2 N–H and O–H groups in total. The molecule has 8 heteroatoms. The first-order valence-corrected chi connectivity index (χ1v) is 8.99. The summed E-state index contributed by atoms with van der Waals surface area (Å²) in [6.07, 6.45) is 1.58. The number of nitrogens with zero attached hydrogens (tertiary/aromatic N) is 1. The minimum Gasteiger partial charge on any atom is -0.375 e. The van der Waals surface area contributed by atoms with Crippen LogP contribution in [0.2, 0.25) is 0 Å². The maximum Gasteiger partial charge on any atom is 0.315 e. The van der Waals surface area contributed by atoms with E-state index < -0.39 is 11.8 Å². The molecule has 0 saturated carbocycles. The van der Waals surface area contributed by atoms with E-state index in [9.17, 15) is 9.59 Å². The van der Waals surface area contributed by atoms with Crippen LogP contribution < -0.4 is 10.6 Å². The first kappa shape index (κ1) is 18.4. The highest BCUT2D eigenvalue weighted by Crippen LogP contribution is 2.44. The molecule has 3 amide bonds. The van der Waals surface area contributed by atoms with Crippen molar-refractivity contribution >= 4 is 11.9 Å². The highest BCUT2D eigenvalue weighted by molar-refractivity contribution is 5.87. The molecule has 8 nitrogen and oxygen atoms in total. The van der Waals surface area contributed by atoms with Gasteiger partial charge in [0.25, 0.3) is 0 Å². The van der Waals surface area contributed by atoms with Crippen molar-refractivity contribution in [2.75, 3.05) is 46.6 Å². The third-order valence-corrected chi connectivity index (χ3v) is 5.51. The van der Waals surface area contributed by atoms with Crippen molar-refractivity contribution in [1.82, 2.24) is 15.5 Å². The predicted octanol–water partition coefficient (Wildman–Crippen LogP) is 0.322. The van der Waals surface area contributed by atoms with Gasteiger partial charge in [-0.3, -0.25) is 4.79 Å². The van der Waals surface area contributed by atoms with E-state index in [4.69, 9.17) is 14.2 Å². The van der Waals surface area contributed by atoms with E-state index in [0.717, 1.165) is 13.0 Å². The van der Waals surface area contributed by atoms with E-state index >= 15 is 0 Å². The Morgan fingerprint density at radius 2 is 2.08 bits per heavy atom. The standard InChI is InChI=1S/C17H29N3O5/c1-16(2,13-9-23-11-17(13)24-7-8-25-17)10-18-15(22)19-12-5-4-6-20(3)14(12)21/h12-13H,4-11H2,1-3H3,(H2,18,19,22). The molecule has 3 aliphatic rings. The van der Waals surface area contributed by atoms with Gasteiger partial charge in [-0.1, -0.05) is 13.8 Å². The average Bonchev–Trinajstić information content (AvgIpc) is 3.21. The van der Waals surface area contributed by atoms with Gasteiger partial charge in [-0.05, 0) is 18.3 Å². The summed E-state index contributed by atoms with van der Waals surface area (Å²) in [5.41, 5.74) is -0.272. The zero-order valence-corrected chi connectivity index (χ0v) is 15.3. The fourth-order valence-corrected chi connectivity index (χ4v) is 3.93. The van der Waals surface area contributed by atoms with Crippen LogP contribution in [0, 0.1) is 11.3 Å². The summed E-state index contributed by atoms with van der Waals surface area (Å²) < 4.78 is 17.3. The molecular weight excluding hydrogens is 326 g/mol. The van der Waals surface area contributed by atoms with Crippen LogP contribution in [-0.4, -0.2) is 75.2 Å². The fraction of sp³-hybridized carbons (Fsp3) is 0.882. The van der Waals surface area contributed by atoms with Gasteiger partial charge < -0.3 is 29.7 Å². The molecule has 3 aliphatic heterocycles. The normalized spacial score (nSPS) is 29.2. The number of carbonyl (C=O) groups excluding carboxylic acids is 2. The second-order valence-corrected chi connectivity index (χ2v) is 7.85. The van der Waals surface area contributed by atoms with Gasteiger partial charge in [-0.15, -0.1) is 0 Å². The van der Waals surface area contributed by atoms with Crippen LogP contribution in [0.3, 0.4) is 0 Å². The molecule has 3 saturated heterocycles. The van der Waals surface area contributed by atoms with E-state index in [1.54, 1.807) is 11.9 Å². The number of ether oxygens (including phenoxy) is 3. The number of rotatable bonds is 4. The largest absolute Gasteiger partial charge is 0.375 e. The highest BCUT2D eigenvalue weighted by Gasteiger charge is 2.55. The second kappa shape index (κ2) is 7.09. The monoisotopic (exact) mass is 355 g/mol. The van der Waals surface area contributed by atoms with E-state index in [0.29, 0.717) is 39.4 Å². The third kappa shape index (κ3) is 3.75. The number of likely N-dealkylation sites (tertiary alicyclic amines) is 1. The molecule has 3 heterocycles. The Kier molecular flexibility index (Phi) is 5.22. The lowest BCUT2D eigenvalue weighted by atomic mass is 9.75. The molecule has 0 bridgehead atoms. The number of hydrogen-bond acceptors (Lipinski definition) is 5. The number of piperidine rings is 1. The van der Waals surface area contributed by atoms with Crippen LogP contribution in [0.25, 0.3) is 0 Å². The first-order valence-electron chi connectivity index (χ1n) is 8.99. The fourth-order valence-electron chi connectivity index (χ4n) is 3.93. The van der Waals surface area contributed by atoms with Crippen LogP contribution in [0.15, 0.2) is 0 Å². The first-order chi connectivity index (χ1) is 11.8. The van der Waals surface area contributed by atoms with Gasteiger partial charge in [-0.2, -0.15) is 0 Å². The van der Waals surface area contributed by atoms with Crippen LogP contribution in [0.4, 0.5) is 4.79 Å². The summed E-state index contributed by atoms with van der Waals surface area (Å²) in [7, 11) is 1.76. The van der Waals surface area contributed by atoms with Crippen LogP contribution >= 0.6 is 0 Å². The van der Waals surface area contributed by atoms with Gasteiger partial charge in [0.2, 0.25) is 5.91 Å². The molecule has 142 valence electrons. The molecule has 3 rings (SSSR count). The molecule has 0 aromatic heterocycles. The van der Waals surface area contributed by atoms with E-state index in [2.05, 4.69) is 24.5 Å². The Bertz CT molecular complexity index is 513. The van der Waals surface area contributed by atoms with Gasteiger partial charge >= 0.3 is 6.03 Å². The number of urea groups is 1. The van der Waals surface area contributed by atoms with Crippen molar-refractivity contribution in [1.29, 1.82) is 0 Å². The van der Waals surface area contributed by atoms with E-state index in [1.165, 1.54) is 0 Å². The summed E-state index contributed by atoms with van der Waals surface area (Å²) in [6.45, 7) is 7.44. The van der Waals surface area contributed by atoms with Crippen molar-refractivity contribution in [3.63, 3.8) is 0 Å². The van der Waals surface area contributed by atoms with Crippen LogP contribution in [0.5, 0.6) is 0 Å². The molecule has 0 radical (unpaired) electrons. The van der Waals surface area contributed by atoms with E-state index in [1.807, 2.05) is 0 Å². The summed E-state index contributed by atoms with van der Waals surface area (Å²) >= 11 is 0. The summed E-state index contributed by atoms with van der Waals surface area (Å²) in [4.78, 5) is 26.0. The van der Waals surface area contributed by atoms with Crippen molar-refractivity contribution in [3.8, 4) is 0 Å². The number of amides is 3. The average molecular weight is 355 g/mol. The number of carbonyl (C=O) groups is 2. The Morgan fingerprint density at radius 1 is 1.36 bits per heavy atom. The third-order valence-electron chi connectivity index (χ3n) is 5.51. The molecular formula is C17H29N3O5. The van der Waals surface area contributed by atoms with Crippen molar-refractivity contribution in [2.45, 2.75) is 38.5 Å². The minimum atomic E-state index is -0.691. The summed E-state index contributed by atoms with van der Waals surface area (Å²) in [5.74, 6) is -0.689. The number of likely N-dealkylation sites (N-methyl/N-ethyl adjacent to an activating group) is 1. The predicted molar refractivity (Wildman–Crippen MR) is 89.9 cm³/mol. The van der Waals surface area contributed by atoms with Crippen molar-refractivity contribution < 1.29 is 23.8 Å². The lowest BCUT2D eigenvalue weighted by molar-refractivity contribution is -0.197. The van der Waals surface area contributed by atoms with Crippen LogP contribution in [-0.2, 0) is 19.0 Å². The lowest BCUT2D eigenvalue weighted by Gasteiger charge is -2.39. The molecule has 2 unspecified atom stereocenters. The highest BCUT2D eigenvalue weighted by atomic mass is 16.8. The Hall–Kier alpha value is -1.38. The maximum absolute atomic E-state index is 12.3. The van der Waals surface area contributed by atoms with Crippen LogP contribution in [0.1, 0.15) is 26.7 Å². The number of hydrogen-bond donors (Lipinski definition) is 2. The van der Waals surface area contributed by atoms with E-state index in [-0.39, 0.29) is 23.3 Å². The Balaban J connectivity index is 1.53. The lowest BCUT2D eigenvalue weighted by Crippen LogP contribution is -2.55. The van der Waals surface area contributed by atoms with Crippen molar-refractivity contribution in [2.24, 2.45) is 11.3 Å². The zero-order valence-electron chi connectivity index (χ0n) is 15.3. The zero-order chi connectivity index (χ0) is 18.1. The molecule has 1 spiro atoms. The van der Waals surface area contributed by atoms with Gasteiger partial charge in [0.15, 0.2) is 5.79 Å². The minimum absolute atomic E-state index is 0.0310. The Labute approximate surface area is 148 Å². The summed E-state index contributed by atoms with van der Waals surface area (Å²) in [5, 5.41) is 5.69. The molecule has 3 fully saturated rings. The SMILES string of the molecule is CN1CCCC(NC(=O)NCC(C)(C)C2COCC23OCCO3)C1=O. The number of nitrogens with one attached hydrogen (secondary N) is 2. The van der Waals surface area contributed by atoms with Crippen molar-refractivity contribution in [3.05, 3.63) is 0 Å². The molecule has 2 atom stereocenters. The smallest absolute Gasteiger partial charge is 0.315 e. The topological polar surface area (TPSA) is 89.1 Å². The molecule has 25 heavy (non-hydrogen) atoms. The summed E-state index contributed by atoms with van der Waals surface area (Å²) in [6, 6.07) is -0.757. The van der Waals surface area contributed by atoms with Gasteiger partial charge in [0.05, 0.1) is 19.8 Å². The molecule has 0 aromatic carbocycles. The second-order valence-electron chi connectivity index (χ2n) is 7.85. The maximum atomic E-state index is 12.3. The Morgan fingerprint density at radius 3 is 2.80 bits per heavy atom. The van der Waals surface area contributed by atoms with Gasteiger partial charge in [-0.25, -0.2) is 4.79 Å². The van der Waals surface area contributed by atoms with Gasteiger partial charge in [0.1, 0.15) is 12.6 Å². The quantitative estimate of drug-likeness (QED) is 0.758. The molecule has 0 aromatic rings. The van der Waals surface area contributed by atoms with Gasteiger partial charge in [0, 0.05) is 26.1 Å².